The van der Waals surface area contributed by atoms with Gasteiger partial charge < -0.3 is 20.1 Å². The van der Waals surface area contributed by atoms with Crippen LogP contribution < -0.4 is 5.32 Å². The van der Waals surface area contributed by atoms with Gasteiger partial charge in [-0.25, -0.2) is 9.59 Å². The van der Waals surface area contributed by atoms with Crippen LogP contribution >= 0.6 is 0 Å². The van der Waals surface area contributed by atoms with Gasteiger partial charge in [0, 0.05) is 24.9 Å². The molecule has 7 nitrogen and oxygen atoms in total. The first kappa shape index (κ1) is 24.3. The summed E-state index contributed by atoms with van der Waals surface area (Å²) in [6.45, 7) is 7.09. The second-order valence-corrected chi connectivity index (χ2v) is 8.91. The van der Waals surface area contributed by atoms with Crippen molar-refractivity contribution in [2.75, 3.05) is 13.2 Å². The first-order valence-corrected chi connectivity index (χ1v) is 11.3. The van der Waals surface area contributed by atoms with E-state index in [1.54, 1.807) is 13.8 Å². The van der Waals surface area contributed by atoms with Gasteiger partial charge in [0.05, 0.1) is 0 Å². The highest BCUT2D eigenvalue weighted by molar-refractivity contribution is 5.86. The average Bonchev–Trinajstić information content (AvgIpc) is 3.10. The third-order valence-corrected chi connectivity index (χ3v) is 6.31. The number of aliphatic carboxylic acids is 1. The molecule has 1 unspecified atom stereocenters. The molecule has 1 atom stereocenters. The first-order chi connectivity index (χ1) is 15.7. The Balaban J connectivity index is 1.52. The summed E-state index contributed by atoms with van der Waals surface area (Å²) >= 11 is 0. The van der Waals surface area contributed by atoms with Gasteiger partial charge in [0.1, 0.15) is 12.1 Å². The molecular weight excluding hydrogens is 420 g/mol. The Kier molecular flexibility index (Phi) is 7.41. The number of rotatable bonds is 9. The van der Waals surface area contributed by atoms with E-state index in [0.717, 1.165) is 11.1 Å². The normalized spacial score (nSPS) is 13.6. The maximum absolute atomic E-state index is 12.6. The van der Waals surface area contributed by atoms with Crippen molar-refractivity contribution in [3.8, 4) is 11.1 Å². The van der Waals surface area contributed by atoms with Crippen molar-refractivity contribution in [2.24, 2.45) is 0 Å². The molecule has 7 heteroatoms. The Labute approximate surface area is 194 Å². The minimum Gasteiger partial charge on any atom is -0.480 e. The number of ether oxygens (including phenoxy) is 1. The molecule has 176 valence electrons. The van der Waals surface area contributed by atoms with Gasteiger partial charge >= 0.3 is 12.1 Å². The number of amides is 2. The number of hydrogen-bond donors (Lipinski definition) is 2. The molecule has 0 spiro atoms. The summed E-state index contributed by atoms with van der Waals surface area (Å²) in [6.07, 6.45) is -0.0139. The predicted molar refractivity (Wildman–Crippen MR) is 126 cm³/mol. The molecule has 2 aromatic rings. The van der Waals surface area contributed by atoms with E-state index >= 15 is 0 Å². The number of alkyl carbamates (subject to hydrolysis) is 1. The van der Waals surface area contributed by atoms with E-state index in [1.165, 1.54) is 29.9 Å². The average molecular weight is 453 g/mol. The summed E-state index contributed by atoms with van der Waals surface area (Å²) in [6, 6.07) is 16.0. The van der Waals surface area contributed by atoms with Gasteiger partial charge in [-0.2, -0.15) is 0 Å². The molecule has 2 aromatic carbocycles. The molecule has 0 aromatic heterocycles. The monoisotopic (exact) mass is 452 g/mol. The fourth-order valence-electron chi connectivity index (χ4n) is 4.39. The second kappa shape index (κ2) is 10.1. The SMILES string of the molecule is CCN(C(=O)CCC(C)NC(=O)OCC1c2ccccc2-c2ccccc21)C(C)(C)C(=O)O. The van der Waals surface area contributed by atoms with Crippen molar-refractivity contribution in [3.63, 3.8) is 0 Å². The van der Waals surface area contributed by atoms with Crippen molar-refractivity contribution >= 4 is 18.0 Å². The molecule has 0 saturated heterocycles. The zero-order chi connectivity index (χ0) is 24.2. The number of fused-ring (bicyclic) bond motifs is 3. The van der Waals surface area contributed by atoms with Gasteiger partial charge in [-0.1, -0.05) is 48.5 Å². The van der Waals surface area contributed by atoms with E-state index in [-0.39, 0.29) is 30.9 Å². The quantitative estimate of drug-likeness (QED) is 0.588. The van der Waals surface area contributed by atoms with E-state index in [2.05, 4.69) is 29.6 Å². The predicted octanol–water partition coefficient (Wildman–Crippen LogP) is 4.41. The van der Waals surface area contributed by atoms with Crippen molar-refractivity contribution in [1.82, 2.24) is 10.2 Å². The summed E-state index contributed by atoms with van der Waals surface area (Å²) in [5.74, 6) is -1.33. The molecule has 0 saturated carbocycles. The third-order valence-electron chi connectivity index (χ3n) is 6.31. The van der Waals surface area contributed by atoms with Gasteiger partial charge in [-0.3, -0.25) is 4.79 Å². The highest BCUT2D eigenvalue weighted by atomic mass is 16.5. The molecule has 0 radical (unpaired) electrons. The van der Waals surface area contributed by atoms with Crippen LogP contribution in [0.5, 0.6) is 0 Å². The summed E-state index contributed by atoms with van der Waals surface area (Å²) in [5.41, 5.74) is 3.34. The van der Waals surface area contributed by atoms with Crippen molar-refractivity contribution < 1.29 is 24.2 Å². The summed E-state index contributed by atoms with van der Waals surface area (Å²) < 4.78 is 5.55. The Bertz CT molecular complexity index is 987. The molecule has 0 aliphatic heterocycles. The van der Waals surface area contributed by atoms with E-state index in [4.69, 9.17) is 4.74 Å². The fraction of sp³-hybridized carbons (Fsp3) is 0.423. The highest BCUT2D eigenvalue weighted by Gasteiger charge is 2.36. The molecule has 33 heavy (non-hydrogen) atoms. The number of hydrogen-bond acceptors (Lipinski definition) is 4. The number of benzene rings is 2. The van der Waals surface area contributed by atoms with E-state index in [9.17, 15) is 19.5 Å². The van der Waals surface area contributed by atoms with Gasteiger partial charge in [-0.05, 0) is 56.4 Å². The lowest BCUT2D eigenvalue weighted by atomic mass is 9.98. The molecule has 0 heterocycles. The third kappa shape index (κ3) is 5.18. The maximum atomic E-state index is 12.6. The maximum Gasteiger partial charge on any atom is 0.407 e. The van der Waals surface area contributed by atoms with Gasteiger partial charge in [0.25, 0.3) is 0 Å². The number of carbonyl (C=O) groups is 3. The van der Waals surface area contributed by atoms with Crippen LogP contribution in [-0.4, -0.2) is 52.7 Å². The molecule has 3 rings (SSSR count). The zero-order valence-electron chi connectivity index (χ0n) is 19.6. The Hall–Kier alpha value is -3.35. The zero-order valence-corrected chi connectivity index (χ0v) is 19.6. The van der Waals surface area contributed by atoms with Crippen molar-refractivity contribution in [3.05, 3.63) is 59.7 Å². The van der Waals surface area contributed by atoms with E-state index < -0.39 is 17.6 Å². The lowest BCUT2D eigenvalue weighted by Gasteiger charge is -2.34. The number of carboxylic acids is 1. The molecule has 2 N–H and O–H groups in total. The largest absolute Gasteiger partial charge is 0.480 e. The molecule has 2 amide bonds. The van der Waals surface area contributed by atoms with Crippen LogP contribution in [0.15, 0.2) is 48.5 Å². The number of carbonyl (C=O) groups excluding carboxylic acids is 2. The number of nitrogens with one attached hydrogen (secondary N) is 1. The lowest BCUT2D eigenvalue weighted by molar-refractivity contribution is -0.156. The summed E-state index contributed by atoms with van der Waals surface area (Å²) in [4.78, 5) is 37.8. The topological polar surface area (TPSA) is 95.9 Å². The van der Waals surface area contributed by atoms with Crippen LogP contribution in [0.1, 0.15) is 57.6 Å². The van der Waals surface area contributed by atoms with Gasteiger partial charge in [0.15, 0.2) is 0 Å². The smallest absolute Gasteiger partial charge is 0.407 e. The molecule has 1 aliphatic carbocycles. The Morgan fingerprint density at radius 2 is 1.61 bits per heavy atom. The van der Waals surface area contributed by atoms with Crippen LogP contribution in [0.2, 0.25) is 0 Å². The standard InChI is InChI=1S/C26H32N2O5/c1-5-28(26(3,4)24(30)31)23(29)15-14-17(2)27-25(32)33-16-22-20-12-8-6-10-18(20)19-11-7-9-13-21(19)22/h6-13,17,22H,5,14-16H2,1-4H3,(H,27,32)(H,30,31). The fourth-order valence-corrected chi connectivity index (χ4v) is 4.39. The number of nitrogens with zero attached hydrogens (tertiary/aromatic N) is 1. The molecular formula is C26H32N2O5. The van der Waals surface area contributed by atoms with E-state index in [1.807, 2.05) is 24.3 Å². The summed E-state index contributed by atoms with van der Waals surface area (Å²) in [7, 11) is 0. The van der Waals surface area contributed by atoms with E-state index in [0.29, 0.717) is 13.0 Å². The second-order valence-electron chi connectivity index (χ2n) is 8.91. The minimum atomic E-state index is -1.28. The number of likely N-dealkylation sites (N-methyl/N-ethyl adjacent to an activating group) is 1. The highest BCUT2D eigenvalue weighted by Crippen LogP contribution is 2.44. The first-order valence-electron chi connectivity index (χ1n) is 11.3. The molecule has 0 bridgehead atoms. The van der Waals surface area contributed by atoms with Crippen LogP contribution in [0.4, 0.5) is 4.79 Å². The van der Waals surface area contributed by atoms with Crippen LogP contribution in [-0.2, 0) is 14.3 Å². The lowest BCUT2D eigenvalue weighted by Crippen LogP contribution is -2.53. The van der Waals surface area contributed by atoms with Crippen molar-refractivity contribution in [2.45, 2.75) is 58.0 Å². The molecule has 1 aliphatic rings. The summed E-state index contributed by atoms with van der Waals surface area (Å²) in [5, 5.41) is 12.2. The minimum absolute atomic E-state index is 0.0172. The van der Waals surface area contributed by atoms with Gasteiger partial charge in [-0.15, -0.1) is 0 Å². The Morgan fingerprint density at radius 3 is 2.12 bits per heavy atom. The van der Waals surface area contributed by atoms with Crippen LogP contribution in [0.25, 0.3) is 11.1 Å². The number of carboxylic acid groups (broad SMARTS) is 1. The molecule has 0 fully saturated rings. The van der Waals surface area contributed by atoms with Gasteiger partial charge in [0.2, 0.25) is 5.91 Å². The Morgan fingerprint density at radius 1 is 1.06 bits per heavy atom. The van der Waals surface area contributed by atoms with Crippen molar-refractivity contribution in [1.29, 1.82) is 0 Å². The van der Waals surface area contributed by atoms with Crippen LogP contribution in [0, 0.1) is 0 Å². The van der Waals surface area contributed by atoms with Crippen LogP contribution in [0.3, 0.4) is 0 Å².